The van der Waals surface area contributed by atoms with Gasteiger partial charge >= 0.3 is 5.97 Å². The Morgan fingerprint density at radius 2 is 1.79 bits per heavy atom. The zero-order valence-electron chi connectivity index (χ0n) is 18.1. The fourth-order valence-corrected chi connectivity index (χ4v) is 4.07. The lowest BCUT2D eigenvalue weighted by Crippen LogP contribution is -2.52. The molecule has 10 nitrogen and oxygen atoms in total. The van der Waals surface area contributed by atoms with Gasteiger partial charge in [0.05, 0.1) is 17.3 Å². The number of carboxylic acid groups (broad SMARTS) is 1. The van der Waals surface area contributed by atoms with Crippen LogP contribution in [0.2, 0.25) is 0 Å². The van der Waals surface area contributed by atoms with Crippen molar-refractivity contribution < 1.29 is 34.1 Å². The van der Waals surface area contributed by atoms with Crippen LogP contribution in [0.25, 0.3) is 12.2 Å². The van der Waals surface area contributed by atoms with Gasteiger partial charge in [0.15, 0.2) is 0 Å². The van der Waals surface area contributed by atoms with Gasteiger partial charge in [-0.05, 0) is 41.8 Å². The van der Waals surface area contributed by atoms with Crippen molar-refractivity contribution in [2.75, 3.05) is 25.1 Å². The number of hydrogen-bond donors (Lipinski definition) is 4. The number of aromatic hydroxyl groups is 1. The molecule has 2 heterocycles. The lowest BCUT2D eigenvalue weighted by molar-refractivity contribution is -0.143. The van der Waals surface area contributed by atoms with E-state index in [1.165, 1.54) is 4.90 Å². The zero-order chi connectivity index (χ0) is 24.2. The highest BCUT2D eigenvalue weighted by Gasteiger charge is 2.45. The highest BCUT2D eigenvalue weighted by molar-refractivity contribution is 6.11. The van der Waals surface area contributed by atoms with Crippen LogP contribution >= 0.6 is 0 Å². The summed E-state index contributed by atoms with van der Waals surface area (Å²) < 4.78 is 4.79. The number of amides is 3. The fourth-order valence-electron chi connectivity index (χ4n) is 4.07. The topological polar surface area (TPSA) is 145 Å². The van der Waals surface area contributed by atoms with Crippen LogP contribution in [0, 0.1) is 0 Å². The Kier molecular flexibility index (Phi) is 6.60. The minimum atomic E-state index is -1.19. The smallest absolute Gasteiger partial charge is 0.329 e. The molecule has 2 aromatic rings. The van der Waals surface area contributed by atoms with E-state index in [2.05, 4.69) is 10.6 Å². The molecule has 3 amide bonds. The molecule has 0 radical (unpaired) electrons. The van der Waals surface area contributed by atoms with Crippen LogP contribution in [0.15, 0.2) is 42.5 Å². The van der Waals surface area contributed by atoms with E-state index in [1.807, 2.05) is 12.2 Å². The average Bonchev–Trinajstić information content (AvgIpc) is 3.18. The van der Waals surface area contributed by atoms with Crippen LogP contribution in [0.1, 0.15) is 27.9 Å². The highest BCUT2D eigenvalue weighted by Crippen LogP contribution is 2.30. The first-order chi connectivity index (χ1) is 16.3. The van der Waals surface area contributed by atoms with E-state index in [1.54, 1.807) is 42.5 Å². The second kappa shape index (κ2) is 9.75. The summed E-state index contributed by atoms with van der Waals surface area (Å²) in [6, 6.07) is 10.3. The van der Waals surface area contributed by atoms with Crippen LogP contribution < -0.4 is 10.6 Å². The maximum atomic E-state index is 13.3. The predicted octanol–water partition coefficient (Wildman–Crippen LogP) is 1.32. The maximum absolute atomic E-state index is 13.3. The number of aliphatic carboxylic acids is 1. The molecule has 2 atom stereocenters. The molecule has 4 rings (SSSR count). The summed E-state index contributed by atoms with van der Waals surface area (Å²) >= 11 is 0. The molecule has 0 saturated carbocycles. The van der Waals surface area contributed by atoms with Crippen molar-refractivity contribution in [3.63, 3.8) is 0 Å². The number of anilines is 1. The van der Waals surface area contributed by atoms with Gasteiger partial charge in [0.25, 0.3) is 5.91 Å². The van der Waals surface area contributed by atoms with Crippen LogP contribution in [0.4, 0.5) is 5.69 Å². The molecule has 1 fully saturated rings. The van der Waals surface area contributed by atoms with Crippen molar-refractivity contribution >= 4 is 41.5 Å². The van der Waals surface area contributed by atoms with E-state index in [9.17, 15) is 24.3 Å². The summed E-state index contributed by atoms with van der Waals surface area (Å²) in [6.45, 7) is -0.779. The molecule has 2 aliphatic heterocycles. The molecular formula is C24H23N3O7. The van der Waals surface area contributed by atoms with E-state index >= 15 is 0 Å². The Hall–Kier alpha value is -4.18. The van der Waals surface area contributed by atoms with Gasteiger partial charge in [-0.15, -0.1) is 0 Å². The Morgan fingerprint density at radius 3 is 2.53 bits per heavy atom. The molecule has 0 aliphatic carbocycles. The Labute approximate surface area is 194 Å². The zero-order valence-corrected chi connectivity index (χ0v) is 18.1. The number of hydrogen-bond acceptors (Lipinski definition) is 6. The van der Waals surface area contributed by atoms with Crippen molar-refractivity contribution in [3.8, 4) is 5.75 Å². The molecule has 0 bridgehead atoms. The summed E-state index contributed by atoms with van der Waals surface area (Å²) in [6.07, 6.45) is 4.05. The summed E-state index contributed by atoms with van der Waals surface area (Å²) in [5.74, 6) is -2.31. The number of rotatable bonds is 7. The van der Waals surface area contributed by atoms with Crippen LogP contribution in [0.3, 0.4) is 0 Å². The summed E-state index contributed by atoms with van der Waals surface area (Å²) in [7, 11) is 0. The van der Waals surface area contributed by atoms with E-state index in [0.29, 0.717) is 17.7 Å². The number of phenols is 1. The Balaban J connectivity index is 1.49. The van der Waals surface area contributed by atoms with Crippen molar-refractivity contribution in [1.29, 1.82) is 0 Å². The molecule has 34 heavy (non-hydrogen) atoms. The second-order valence-electron chi connectivity index (χ2n) is 8.01. The van der Waals surface area contributed by atoms with Crippen LogP contribution in [0.5, 0.6) is 5.75 Å². The molecule has 0 spiro atoms. The summed E-state index contributed by atoms with van der Waals surface area (Å²) in [5, 5.41) is 23.4. The largest absolute Gasteiger partial charge is 0.508 e. The number of carbonyl (C=O) groups is 4. The van der Waals surface area contributed by atoms with E-state index in [4.69, 9.17) is 9.84 Å². The fraction of sp³-hybridized carbons (Fsp3) is 0.250. The summed E-state index contributed by atoms with van der Waals surface area (Å²) in [4.78, 5) is 50.3. The number of ether oxygens (including phenoxy) is 1. The number of fused-ring (bicyclic) bond motifs is 2. The first-order valence-electron chi connectivity index (χ1n) is 10.6. The average molecular weight is 465 g/mol. The highest BCUT2D eigenvalue weighted by atomic mass is 16.5. The van der Waals surface area contributed by atoms with Gasteiger partial charge in [-0.3, -0.25) is 14.4 Å². The maximum Gasteiger partial charge on any atom is 0.329 e. The molecule has 4 N–H and O–H groups in total. The number of nitrogens with one attached hydrogen (secondary N) is 2. The Bertz CT molecular complexity index is 1160. The van der Waals surface area contributed by atoms with Gasteiger partial charge < -0.3 is 30.5 Å². The van der Waals surface area contributed by atoms with Crippen molar-refractivity contribution in [2.45, 2.75) is 18.5 Å². The van der Waals surface area contributed by atoms with E-state index in [-0.39, 0.29) is 18.2 Å². The van der Waals surface area contributed by atoms with Crippen LogP contribution in [-0.2, 0) is 19.1 Å². The van der Waals surface area contributed by atoms with Crippen molar-refractivity contribution in [1.82, 2.24) is 10.2 Å². The normalized spacial score (nSPS) is 19.4. The predicted molar refractivity (Wildman–Crippen MR) is 122 cm³/mol. The number of carbonyl (C=O) groups excluding carboxylic acids is 3. The lowest BCUT2D eigenvalue weighted by Gasteiger charge is -2.24. The third-order valence-electron chi connectivity index (χ3n) is 5.63. The SMILES string of the molecule is O=C(O)COCC(=O)N[C@H]1CCN2C(=O)c3cc(C=Cc4ccc(O)cc4)ccc3NC(=O)[C@H]12. The standard InChI is InChI=1S/C24H23N3O7/c28-16-6-3-14(4-7-16)1-2-15-5-8-18-17(11-15)24(33)27-10-9-19(22(27)23(32)26-18)25-20(29)12-34-13-21(30)31/h1-8,11,19,22,28H,9-10,12-13H2,(H,25,29)(H,26,32)(H,30,31)/t19-,22-/m0/s1. The van der Waals surface area contributed by atoms with Gasteiger partial charge in [0.2, 0.25) is 11.8 Å². The first-order valence-corrected chi connectivity index (χ1v) is 10.6. The number of nitrogens with zero attached hydrogens (tertiary/aromatic N) is 1. The van der Waals surface area contributed by atoms with Gasteiger partial charge in [0, 0.05) is 6.54 Å². The van der Waals surface area contributed by atoms with Crippen molar-refractivity contribution in [2.24, 2.45) is 0 Å². The minimum Gasteiger partial charge on any atom is -0.508 e. The van der Waals surface area contributed by atoms with Crippen molar-refractivity contribution in [3.05, 3.63) is 59.2 Å². The third kappa shape index (κ3) is 5.07. The monoisotopic (exact) mass is 465 g/mol. The third-order valence-corrected chi connectivity index (χ3v) is 5.63. The quantitative estimate of drug-likeness (QED) is 0.451. The molecule has 0 unspecified atom stereocenters. The Morgan fingerprint density at radius 1 is 1.09 bits per heavy atom. The van der Waals surface area contributed by atoms with E-state index < -0.39 is 43.1 Å². The van der Waals surface area contributed by atoms with Gasteiger partial charge in [0.1, 0.15) is 25.0 Å². The molecule has 2 aromatic carbocycles. The molecule has 10 heteroatoms. The minimum absolute atomic E-state index is 0.172. The number of benzene rings is 2. The molecule has 176 valence electrons. The van der Waals surface area contributed by atoms with Gasteiger partial charge in [-0.25, -0.2) is 4.79 Å². The van der Waals surface area contributed by atoms with E-state index in [0.717, 1.165) is 11.1 Å². The molecular weight excluding hydrogens is 442 g/mol. The van der Waals surface area contributed by atoms with Gasteiger partial charge in [-0.1, -0.05) is 30.4 Å². The van der Waals surface area contributed by atoms with Crippen LogP contribution in [-0.4, -0.2) is 70.6 Å². The molecule has 0 aromatic heterocycles. The van der Waals surface area contributed by atoms with Gasteiger partial charge in [-0.2, -0.15) is 0 Å². The molecule has 1 saturated heterocycles. The lowest BCUT2D eigenvalue weighted by atomic mass is 10.1. The first kappa shape index (κ1) is 23.0. The summed E-state index contributed by atoms with van der Waals surface area (Å²) in [5.41, 5.74) is 2.37. The second-order valence-corrected chi connectivity index (χ2v) is 8.01. The number of carboxylic acids is 1. The molecule has 2 aliphatic rings. The number of phenolic OH excluding ortho intramolecular Hbond substituents is 1.